The van der Waals surface area contributed by atoms with E-state index in [-0.39, 0.29) is 23.9 Å². The highest BCUT2D eigenvalue weighted by molar-refractivity contribution is 4.98. The molecule has 1 aliphatic heterocycles. The van der Waals surface area contributed by atoms with Crippen molar-refractivity contribution in [3.8, 4) is 0 Å². The average Bonchev–Trinajstić information content (AvgIpc) is 2.31. The smallest absolute Gasteiger partial charge is 0.371 e. The van der Waals surface area contributed by atoms with E-state index in [4.69, 9.17) is 4.74 Å². The molecule has 0 spiro atoms. The van der Waals surface area contributed by atoms with Crippen molar-refractivity contribution in [2.45, 2.75) is 57.5 Å². The summed E-state index contributed by atoms with van der Waals surface area (Å²) in [4.78, 5) is 0. The van der Waals surface area contributed by atoms with Gasteiger partial charge in [-0.2, -0.15) is 13.2 Å². The Morgan fingerprint density at radius 1 is 1.28 bits per heavy atom. The van der Waals surface area contributed by atoms with Crippen molar-refractivity contribution < 1.29 is 22.6 Å². The van der Waals surface area contributed by atoms with Gasteiger partial charge in [-0.3, -0.25) is 0 Å². The molecule has 0 bridgehead atoms. The zero-order valence-electron chi connectivity index (χ0n) is 11.4. The first kappa shape index (κ1) is 15.7. The number of rotatable bonds is 5. The lowest BCUT2D eigenvalue weighted by Gasteiger charge is -2.27. The molecule has 1 atom stereocenters. The standard InChI is InChI=1S/C12H22F3NO2/c1-10(2)7-9(11(3,4)18-10)16-5-6-17-8-12(13,14)15/h9,16H,5-8H2,1-4H3. The van der Waals surface area contributed by atoms with Crippen molar-refractivity contribution in [2.24, 2.45) is 0 Å². The fourth-order valence-electron chi connectivity index (χ4n) is 2.37. The summed E-state index contributed by atoms with van der Waals surface area (Å²) < 4.78 is 46.0. The van der Waals surface area contributed by atoms with Gasteiger partial charge in [0.15, 0.2) is 0 Å². The molecule has 108 valence electrons. The second-order valence-electron chi connectivity index (χ2n) is 5.84. The van der Waals surface area contributed by atoms with Crippen LogP contribution in [-0.4, -0.2) is 43.2 Å². The number of hydrogen-bond donors (Lipinski definition) is 1. The first-order valence-corrected chi connectivity index (χ1v) is 6.10. The highest BCUT2D eigenvalue weighted by Gasteiger charge is 2.45. The van der Waals surface area contributed by atoms with Crippen molar-refractivity contribution in [3.63, 3.8) is 0 Å². The summed E-state index contributed by atoms with van der Waals surface area (Å²) in [5.41, 5.74) is -0.512. The third kappa shape index (κ3) is 5.12. The summed E-state index contributed by atoms with van der Waals surface area (Å²) in [6, 6.07) is 0.127. The van der Waals surface area contributed by atoms with Gasteiger partial charge in [-0.05, 0) is 34.1 Å². The molecule has 0 saturated carbocycles. The van der Waals surface area contributed by atoms with Crippen LogP contribution in [0.15, 0.2) is 0 Å². The number of halogens is 3. The van der Waals surface area contributed by atoms with E-state index in [0.717, 1.165) is 6.42 Å². The molecule has 1 heterocycles. The molecular formula is C12H22F3NO2. The molecular weight excluding hydrogens is 247 g/mol. The Kier molecular flexibility index (Phi) is 4.67. The monoisotopic (exact) mass is 269 g/mol. The quantitative estimate of drug-likeness (QED) is 0.778. The Bertz CT molecular complexity index is 277. The van der Waals surface area contributed by atoms with Gasteiger partial charge in [0.05, 0.1) is 17.8 Å². The molecule has 1 saturated heterocycles. The van der Waals surface area contributed by atoms with Crippen LogP contribution in [0.3, 0.4) is 0 Å². The number of nitrogens with one attached hydrogen (secondary N) is 1. The maximum absolute atomic E-state index is 11.8. The fourth-order valence-corrected chi connectivity index (χ4v) is 2.37. The molecule has 1 unspecified atom stereocenters. The Morgan fingerprint density at radius 3 is 2.33 bits per heavy atom. The van der Waals surface area contributed by atoms with Crippen LogP contribution in [0.4, 0.5) is 13.2 Å². The highest BCUT2D eigenvalue weighted by Crippen LogP contribution is 2.37. The molecule has 18 heavy (non-hydrogen) atoms. The van der Waals surface area contributed by atoms with Crippen LogP contribution in [0.2, 0.25) is 0 Å². The van der Waals surface area contributed by atoms with Gasteiger partial charge < -0.3 is 14.8 Å². The van der Waals surface area contributed by atoms with Crippen LogP contribution in [0.25, 0.3) is 0 Å². The maximum Gasteiger partial charge on any atom is 0.411 e. The SMILES string of the molecule is CC1(C)CC(NCCOCC(F)(F)F)C(C)(C)O1. The van der Waals surface area contributed by atoms with Gasteiger partial charge in [-0.1, -0.05) is 0 Å². The van der Waals surface area contributed by atoms with Gasteiger partial charge in [0, 0.05) is 12.6 Å². The van der Waals surface area contributed by atoms with Gasteiger partial charge in [0.1, 0.15) is 6.61 Å². The summed E-state index contributed by atoms with van der Waals surface area (Å²) in [7, 11) is 0. The Morgan fingerprint density at radius 2 is 1.89 bits per heavy atom. The topological polar surface area (TPSA) is 30.5 Å². The van der Waals surface area contributed by atoms with E-state index in [2.05, 4.69) is 10.1 Å². The molecule has 0 radical (unpaired) electrons. The first-order chi connectivity index (χ1) is 8.02. The van der Waals surface area contributed by atoms with Crippen LogP contribution >= 0.6 is 0 Å². The minimum atomic E-state index is -4.25. The molecule has 0 aliphatic carbocycles. The van der Waals surface area contributed by atoms with Crippen LogP contribution in [0.5, 0.6) is 0 Å². The Balaban J connectivity index is 2.24. The average molecular weight is 269 g/mol. The Labute approximate surface area is 106 Å². The molecule has 1 fully saturated rings. The summed E-state index contributed by atoms with van der Waals surface area (Å²) in [5, 5.41) is 3.20. The second-order valence-corrected chi connectivity index (χ2v) is 5.84. The molecule has 3 nitrogen and oxygen atoms in total. The lowest BCUT2D eigenvalue weighted by atomic mass is 9.94. The zero-order chi connectivity index (χ0) is 14.0. The maximum atomic E-state index is 11.8. The molecule has 6 heteroatoms. The van der Waals surface area contributed by atoms with Crippen LogP contribution in [0.1, 0.15) is 34.1 Å². The molecule has 1 rings (SSSR count). The highest BCUT2D eigenvalue weighted by atomic mass is 19.4. The normalized spacial score (nSPS) is 26.5. The predicted molar refractivity (Wildman–Crippen MR) is 62.5 cm³/mol. The zero-order valence-corrected chi connectivity index (χ0v) is 11.4. The fraction of sp³-hybridized carbons (Fsp3) is 1.00. The molecule has 0 amide bonds. The van der Waals surface area contributed by atoms with E-state index >= 15 is 0 Å². The van der Waals surface area contributed by atoms with Crippen molar-refractivity contribution in [1.29, 1.82) is 0 Å². The van der Waals surface area contributed by atoms with E-state index in [1.165, 1.54) is 0 Å². The molecule has 1 N–H and O–H groups in total. The molecule has 1 aliphatic rings. The van der Waals surface area contributed by atoms with Crippen molar-refractivity contribution >= 4 is 0 Å². The number of hydrogen-bond acceptors (Lipinski definition) is 3. The van der Waals surface area contributed by atoms with E-state index in [1.807, 2.05) is 27.7 Å². The first-order valence-electron chi connectivity index (χ1n) is 6.10. The van der Waals surface area contributed by atoms with Crippen LogP contribution in [-0.2, 0) is 9.47 Å². The van der Waals surface area contributed by atoms with Crippen molar-refractivity contribution in [1.82, 2.24) is 5.32 Å². The lowest BCUT2D eigenvalue weighted by molar-refractivity contribution is -0.173. The van der Waals surface area contributed by atoms with Gasteiger partial charge in [0.25, 0.3) is 0 Å². The summed E-state index contributed by atoms with van der Waals surface area (Å²) >= 11 is 0. The summed E-state index contributed by atoms with van der Waals surface area (Å²) in [5.74, 6) is 0. The third-order valence-electron chi connectivity index (χ3n) is 2.98. The van der Waals surface area contributed by atoms with Gasteiger partial charge in [0.2, 0.25) is 0 Å². The largest absolute Gasteiger partial charge is 0.411 e. The number of alkyl halides is 3. The van der Waals surface area contributed by atoms with E-state index in [0.29, 0.717) is 6.54 Å². The second kappa shape index (κ2) is 5.35. The van der Waals surface area contributed by atoms with Crippen molar-refractivity contribution in [2.75, 3.05) is 19.8 Å². The third-order valence-corrected chi connectivity index (χ3v) is 2.98. The summed E-state index contributed by atoms with van der Waals surface area (Å²) in [6.45, 7) is 7.24. The van der Waals surface area contributed by atoms with E-state index in [9.17, 15) is 13.2 Å². The summed E-state index contributed by atoms with van der Waals surface area (Å²) in [6.07, 6.45) is -3.42. The van der Waals surface area contributed by atoms with E-state index in [1.54, 1.807) is 0 Å². The molecule has 0 aromatic rings. The molecule has 0 aromatic heterocycles. The minimum absolute atomic E-state index is 0.0481. The lowest BCUT2D eigenvalue weighted by Crippen LogP contribution is -2.44. The van der Waals surface area contributed by atoms with Gasteiger partial charge >= 0.3 is 6.18 Å². The van der Waals surface area contributed by atoms with Crippen LogP contribution < -0.4 is 5.32 Å². The Hall–Kier alpha value is -0.330. The molecule has 0 aromatic carbocycles. The van der Waals surface area contributed by atoms with Gasteiger partial charge in [-0.25, -0.2) is 0 Å². The number of ether oxygens (including phenoxy) is 2. The predicted octanol–water partition coefficient (Wildman–Crippen LogP) is 2.50. The van der Waals surface area contributed by atoms with Crippen molar-refractivity contribution in [3.05, 3.63) is 0 Å². The van der Waals surface area contributed by atoms with Crippen LogP contribution in [0, 0.1) is 0 Å². The van der Waals surface area contributed by atoms with Gasteiger partial charge in [-0.15, -0.1) is 0 Å². The minimum Gasteiger partial charge on any atom is -0.371 e. The van der Waals surface area contributed by atoms with E-state index < -0.39 is 12.8 Å².